The number of ether oxygens (including phenoxy) is 1. The van der Waals surface area contributed by atoms with Crippen LogP contribution in [0.3, 0.4) is 0 Å². The van der Waals surface area contributed by atoms with Crippen LogP contribution in [0.15, 0.2) is 67.0 Å². The zero-order valence-electron chi connectivity index (χ0n) is 15.8. The fourth-order valence-electron chi connectivity index (χ4n) is 2.91. The van der Waals surface area contributed by atoms with Gasteiger partial charge in [-0.25, -0.2) is 9.78 Å². The van der Waals surface area contributed by atoms with E-state index in [0.29, 0.717) is 6.54 Å². The Labute approximate surface area is 159 Å². The average Bonchev–Trinajstić information content (AvgIpc) is 3.12. The molecule has 0 aliphatic rings. The lowest BCUT2D eigenvalue weighted by Gasteiger charge is -2.24. The molecular weight excluding hydrogens is 340 g/mol. The van der Waals surface area contributed by atoms with Gasteiger partial charge < -0.3 is 19.5 Å². The van der Waals surface area contributed by atoms with E-state index in [-0.39, 0.29) is 12.1 Å². The van der Waals surface area contributed by atoms with Crippen molar-refractivity contribution in [2.24, 2.45) is 7.05 Å². The Kier molecular flexibility index (Phi) is 5.76. The largest absolute Gasteiger partial charge is 0.497 e. The van der Waals surface area contributed by atoms with E-state index >= 15 is 0 Å². The van der Waals surface area contributed by atoms with Gasteiger partial charge in [-0.15, -0.1) is 0 Å². The minimum Gasteiger partial charge on any atom is -0.497 e. The highest BCUT2D eigenvalue weighted by atomic mass is 16.5. The molecule has 1 N–H and O–H groups in total. The second-order valence-electron chi connectivity index (χ2n) is 6.39. The molecule has 1 atom stereocenters. The molecule has 0 radical (unpaired) electrons. The molecule has 0 bridgehead atoms. The van der Waals surface area contributed by atoms with Crippen LogP contribution >= 0.6 is 0 Å². The maximum Gasteiger partial charge on any atom is 0.318 e. The number of nitrogens with zero attached hydrogens (tertiary/aromatic N) is 3. The van der Waals surface area contributed by atoms with Gasteiger partial charge in [0.25, 0.3) is 0 Å². The quantitative estimate of drug-likeness (QED) is 0.730. The Balaban J connectivity index is 1.80. The molecule has 6 nitrogen and oxygen atoms in total. The number of nitrogens with one attached hydrogen (secondary N) is 1. The Morgan fingerprint density at radius 2 is 1.89 bits per heavy atom. The van der Waals surface area contributed by atoms with Gasteiger partial charge in [-0.3, -0.25) is 0 Å². The van der Waals surface area contributed by atoms with Crippen molar-refractivity contribution in [2.45, 2.75) is 12.6 Å². The topological polar surface area (TPSA) is 59.4 Å². The van der Waals surface area contributed by atoms with E-state index in [9.17, 15) is 4.79 Å². The highest BCUT2D eigenvalue weighted by Crippen LogP contribution is 2.23. The highest BCUT2D eigenvalue weighted by molar-refractivity contribution is 5.75. The predicted octanol–water partition coefficient (Wildman–Crippen LogP) is 3.36. The van der Waals surface area contributed by atoms with Crippen molar-refractivity contribution in [2.75, 3.05) is 14.2 Å². The summed E-state index contributed by atoms with van der Waals surface area (Å²) < 4.78 is 7.14. The number of benzene rings is 2. The van der Waals surface area contributed by atoms with Crippen molar-refractivity contribution in [1.82, 2.24) is 19.8 Å². The van der Waals surface area contributed by atoms with Gasteiger partial charge in [-0.2, -0.15) is 0 Å². The molecule has 1 aromatic heterocycles. The molecule has 3 aromatic rings. The molecule has 0 spiro atoms. The summed E-state index contributed by atoms with van der Waals surface area (Å²) in [4.78, 5) is 18.9. The summed E-state index contributed by atoms with van der Waals surface area (Å²) in [5, 5.41) is 3.10. The Morgan fingerprint density at radius 1 is 1.19 bits per heavy atom. The molecule has 2 aromatic carbocycles. The van der Waals surface area contributed by atoms with Crippen molar-refractivity contribution >= 4 is 6.03 Å². The second-order valence-corrected chi connectivity index (χ2v) is 6.39. The van der Waals surface area contributed by atoms with E-state index in [1.165, 1.54) is 0 Å². The van der Waals surface area contributed by atoms with Crippen molar-refractivity contribution in [3.05, 3.63) is 83.9 Å². The number of methoxy groups -OCH3 is 1. The summed E-state index contributed by atoms with van der Waals surface area (Å²) in [5.41, 5.74) is 2.01. The number of hydrogen-bond acceptors (Lipinski definition) is 3. The van der Waals surface area contributed by atoms with Gasteiger partial charge >= 0.3 is 6.03 Å². The average molecular weight is 364 g/mol. The maximum atomic E-state index is 12.8. The number of carbonyl (C=O) groups excluding carboxylic acids is 1. The van der Waals surface area contributed by atoms with Crippen LogP contribution in [0.5, 0.6) is 5.75 Å². The minimum atomic E-state index is -0.360. The summed E-state index contributed by atoms with van der Waals surface area (Å²) in [6, 6.07) is 17.0. The molecule has 1 unspecified atom stereocenters. The van der Waals surface area contributed by atoms with Crippen LogP contribution < -0.4 is 10.1 Å². The van der Waals surface area contributed by atoms with E-state index in [2.05, 4.69) is 10.3 Å². The summed E-state index contributed by atoms with van der Waals surface area (Å²) >= 11 is 0. The zero-order valence-corrected chi connectivity index (χ0v) is 15.8. The van der Waals surface area contributed by atoms with Crippen molar-refractivity contribution in [3.8, 4) is 5.75 Å². The SMILES string of the molecule is COc1ccc(C(NC(=O)N(C)Cc2ccccc2)c2nccn2C)cc1. The number of rotatable bonds is 6. The third kappa shape index (κ3) is 4.47. The first kappa shape index (κ1) is 18.5. The van der Waals surface area contributed by atoms with Gasteiger partial charge in [0, 0.05) is 33.0 Å². The molecule has 3 rings (SSSR count). The molecule has 27 heavy (non-hydrogen) atoms. The molecule has 2 amide bonds. The molecule has 0 aliphatic heterocycles. The predicted molar refractivity (Wildman–Crippen MR) is 104 cm³/mol. The second kappa shape index (κ2) is 8.40. The Bertz CT molecular complexity index is 875. The molecule has 1 heterocycles. The van der Waals surface area contributed by atoms with E-state index < -0.39 is 0 Å². The van der Waals surface area contributed by atoms with Gasteiger partial charge in [-0.1, -0.05) is 42.5 Å². The smallest absolute Gasteiger partial charge is 0.318 e. The van der Waals surface area contributed by atoms with Crippen LogP contribution in [0.2, 0.25) is 0 Å². The molecular formula is C21H24N4O2. The van der Waals surface area contributed by atoms with E-state index in [4.69, 9.17) is 4.74 Å². The first-order valence-corrected chi connectivity index (χ1v) is 8.75. The van der Waals surface area contributed by atoms with E-state index in [1.54, 1.807) is 25.3 Å². The van der Waals surface area contributed by atoms with Crippen molar-refractivity contribution in [1.29, 1.82) is 0 Å². The number of hydrogen-bond donors (Lipinski definition) is 1. The summed E-state index contributed by atoms with van der Waals surface area (Å²) in [6.07, 6.45) is 3.59. The minimum absolute atomic E-state index is 0.164. The lowest BCUT2D eigenvalue weighted by molar-refractivity contribution is 0.204. The van der Waals surface area contributed by atoms with Gasteiger partial charge in [0.2, 0.25) is 0 Å². The number of aromatic nitrogens is 2. The number of amides is 2. The number of aryl methyl sites for hydroxylation is 1. The van der Waals surface area contributed by atoms with E-state index in [0.717, 1.165) is 22.7 Å². The lowest BCUT2D eigenvalue weighted by Crippen LogP contribution is -2.40. The van der Waals surface area contributed by atoms with Gasteiger partial charge in [-0.05, 0) is 23.3 Å². The monoisotopic (exact) mass is 364 g/mol. The Morgan fingerprint density at radius 3 is 2.48 bits per heavy atom. The van der Waals surface area contributed by atoms with Gasteiger partial charge in [0.15, 0.2) is 0 Å². The van der Waals surface area contributed by atoms with Crippen LogP contribution in [-0.4, -0.2) is 34.6 Å². The molecule has 0 saturated carbocycles. The molecule has 6 heteroatoms. The zero-order chi connectivity index (χ0) is 19.2. The highest BCUT2D eigenvalue weighted by Gasteiger charge is 2.22. The summed E-state index contributed by atoms with van der Waals surface area (Å²) in [7, 11) is 5.33. The number of urea groups is 1. The summed E-state index contributed by atoms with van der Waals surface area (Å²) in [5.74, 6) is 1.53. The standard InChI is InChI=1S/C21H24N4O2/c1-24-14-13-22-20(24)19(17-9-11-18(27-3)12-10-17)23-21(26)25(2)15-16-7-5-4-6-8-16/h4-14,19H,15H2,1-3H3,(H,23,26). The van der Waals surface area contributed by atoms with Crippen LogP contribution in [0.1, 0.15) is 23.0 Å². The van der Waals surface area contributed by atoms with Crippen LogP contribution in [0.4, 0.5) is 4.79 Å². The lowest BCUT2D eigenvalue weighted by atomic mass is 10.1. The van der Waals surface area contributed by atoms with Gasteiger partial charge in [0.05, 0.1) is 7.11 Å². The molecule has 0 fully saturated rings. The normalized spacial score (nSPS) is 11.7. The van der Waals surface area contributed by atoms with E-state index in [1.807, 2.05) is 72.4 Å². The van der Waals surface area contributed by atoms with Crippen LogP contribution in [0.25, 0.3) is 0 Å². The first-order valence-electron chi connectivity index (χ1n) is 8.75. The van der Waals surface area contributed by atoms with Gasteiger partial charge in [0.1, 0.15) is 17.6 Å². The summed E-state index contributed by atoms with van der Waals surface area (Å²) in [6.45, 7) is 0.530. The maximum absolute atomic E-state index is 12.8. The number of imidazole rings is 1. The molecule has 0 saturated heterocycles. The van der Waals surface area contributed by atoms with Crippen molar-refractivity contribution < 1.29 is 9.53 Å². The third-order valence-corrected chi connectivity index (χ3v) is 4.44. The van der Waals surface area contributed by atoms with Crippen LogP contribution in [-0.2, 0) is 13.6 Å². The molecule has 0 aliphatic carbocycles. The molecule has 140 valence electrons. The third-order valence-electron chi connectivity index (χ3n) is 4.44. The van der Waals surface area contributed by atoms with Crippen LogP contribution in [0, 0.1) is 0 Å². The fraction of sp³-hybridized carbons (Fsp3) is 0.238. The fourth-order valence-corrected chi connectivity index (χ4v) is 2.91. The van der Waals surface area contributed by atoms with Crippen molar-refractivity contribution in [3.63, 3.8) is 0 Å². The Hall–Kier alpha value is -3.28. The first-order chi connectivity index (χ1) is 13.1. The number of carbonyl (C=O) groups is 1.